The third-order valence-electron chi connectivity index (χ3n) is 4.74. The van der Waals surface area contributed by atoms with Crippen LogP contribution in [0.3, 0.4) is 0 Å². The zero-order chi connectivity index (χ0) is 15.5. The van der Waals surface area contributed by atoms with Crippen LogP contribution in [0, 0.1) is 5.92 Å². The van der Waals surface area contributed by atoms with E-state index in [0.717, 1.165) is 45.3 Å². The summed E-state index contributed by atoms with van der Waals surface area (Å²) in [6.45, 7) is 6.95. The number of amides is 1. The second-order valence-electron chi connectivity index (χ2n) is 6.79. The number of carbonyl (C=O) groups is 1. The molecule has 0 radical (unpaired) electrons. The molecule has 2 aliphatic heterocycles. The minimum atomic E-state index is 0. The fourth-order valence-electron chi connectivity index (χ4n) is 3.40. The fraction of sp³-hybridized carbons (Fsp3) is 0.812. The van der Waals surface area contributed by atoms with Gasteiger partial charge in [-0.3, -0.25) is 4.79 Å². The van der Waals surface area contributed by atoms with Crippen molar-refractivity contribution in [1.29, 1.82) is 0 Å². The summed E-state index contributed by atoms with van der Waals surface area (Å²) < 4.78 is 5.31. The molecule has 3 heterocycles. The number of aromatic nitrogens is 2. The predicted octanol–water partition coefficient (Wildman–Crippen LogP) is 2.67. The van der Waals surface area contributed by atoms with Crippen molar-refractivity contribution in [1.82, 2.24) is 20.4 Å². The largest absolute Gasteiger partial charge is 0.339 e. The number of hydrogen-bond acceptors (Lipinski definition) is 5. The summed E-state index contributed by atoms with van der Waals surface area (Å²) in [7, 11) is 0. The maximum atomic E-state index is 12.7. The van der Waals surface area contributed by atoms with Crippen LogP contribution >= 0.6 is 12.4 Å². The SMILES string of the molecule is CC(C)c1nc(C2CCCN2C(=O)CC2CCNCC2)no1.Cl. The predicted molar refractivity (Wildman–Crippen MR) is 89.5 cm³/mol. The molecule has 2 fully saturated rings. The molecule has 1 atom stereocenters. The first-order valence-corrected chi connectivity index (χ1v) is 8.49. The average Bonchev–Trinajstić information content (AvgIpc) is 3.17. The van der Waals surface area contributed by atoms with Crippen LogP contribution in [0.25, 0.3) is 0 Å². The Hall–Kier alpha value is -1.14. The Labute approximate surface area is 143 Å². The van der Waals surface area contributed by atoms with Gasteiger partial charge < -0.3 is 14.7 Å². The Morgan fingerprint density at radius 2 is 2.09 bits per heavy atom. The van der Waals surface area contributed by atoms with Crippen molar-refractivity contribution < 1.29 is 9.32 Å². The molecule has 7 heteroatoms. The normalized spacial score (nSPS) is 22.4. The zero-order valence-electron chi connectivity index (χ0n) is 14.0. The fourth-order valence-corrected chi connectivity index (χ4v) is 3.40. The minimum Gasteiger partial charge on any atom is -0.339 e. The molecular formula is C16H27ClN4O2. The number of nitrogens with zero attached hydrogens (tertiary/aromatic N) is 3. The highest BCUT2D eigenvalue weighted by Gasteiger charge is 2.34. The monoisotopic (exact) mass is 342 g/mol. The van der Waals surface area contributed by atoms with Crippen molar-refractivity contribution in [2.75, 3.05) is 19.6 Å². The Bertz CT molecular complexity index is 514. The van der Waals surface area contributed by atoms with Gasteiger partial charge in [-0.2, -0.15) is 4.98 Å². The first-order valence-electron chi connectivity index (χ1n) is 8.49. The highest BCUT2D eigenvalue weighted by atomic mass is 35.5. The number of carbonyl (C=O) groups excluding carboxylic acids is 1. The van der Waals surface area contributed by atoms with Crippen molar-refractivity contribution >= 4 is 18.3 Å². The summed E-state index contributed by atoms with van der Waals surface area (Å²) in [5, 5.41) is 7.46. The number of rotatable bonds is 4. The van der Waals surface area contributed by atoms with E-state index in [1.54, 1.807) is 0 Å². The third-order valence-corrected chi connectivity index (χ3v) is 4.74. The van der Waals surface area contributed by atoms with Crippen LogP contribution in [0.2, 0.25) is 0 Å². The number of likely N-dealkylation sites (tertiary alicyclic amines) is 1. The molecule has 0 aromatic carbocycles. The van der Waals surface area contributed by atoms with Crippen LogP contribution in [0.4, 0.5) is 0 Å². The second-order valence-corrected chi connectivity index (χ2v) is 6.79. The van der Waals surface area contributed by atoms with Crippen molar-refractivity contribution in [3.05, 3.63) is 11.7 Å². The molecule has 0 aliphatic carbocycles. The number of halogens is 1. The first kappa shape index (κ1) is 18.2. The van der Waals surface area contributed by atoms with E-state index in [0.29, 0.717) is 24.1 Å². The lowest BCUT2D eigenvalue weighted by Crippen LogP contribution is -2.35. The molecule has 2 saturated heterocycles. The van der Waals surface area contributed by atoms with E-state index in [2.05, 4.69) is 15.5 Å². The molecule has 6 nitrogen and oxygen atoms in total. The first-order chi connectivity index (χ1) is 10.6. The van der Waals surface area contributed by atoms with E-state index >= 15 is 0 Å². The van der Waals surface area contributed by atoms with Crippen molar-refractivity contribution in [2.24, 2.45) is 5.92 Å². The molecule has 1 aromatic rings. The molecule has 130 valence electrons. The van der Waals surface area contributed by atoms with Gasteiger partial charge in [-0.15, -0.1) is 12.4 Å². The molecule has 3 rings (SSSR count). The average molecular weight is 343 g/mol. The molecule has 1 aromatic heterocycles. The molecule has 2 aliphatic rings. The lowest BCUT2D eigenvalue weighted by molar-refractivity contribution is -0.133. The molecule has 23 heavy (non-hydrogen) atoms. The number of nitrogens with one attached hydrogen (secondary N) is 1. The van der Waals surface area contributed by atoms with Crippen LogP contribution in [-0.4, -0.2) is 40.6 Å². The van der Waals surface area contributed by atoms with E-state index in [4.69, 9.17) is 4.52 Å². The summed E-state index contributed by atoms with van der Waals surface area (Å²) in [5.74, 6) is 2.34. The highest BCUT2D eigenvalue weighted by Crippen LogP contribution is 2.32. The van der Waals surface area contributed by atoms with Gasteiger partial charge in [0, 0.05) is 18.9 Å². The van der Waals surface area contributed by atoms with Gasteiger partial charge in [0.15, 0.2) is 5.82 Å². The molecule has 1 unspecified atom stereocenters. The standard InChI is InChI=1S/C16H26N4O2.ClH/c1-11(2)16-18-15(19-22-16)13-4-3-9-20(13)14(21)10-12-5-7-17-8-6-12;/h11-13,17H,3-10H2,1-2H3;1H. The van der Waals surface area contributed by atoms with Gasteiger partial charge in [0.25, 0.3) is 0 Å². The maximum Gasteiger partial charge on any atom is 0.229 e. The van der Waals surface area contributed by atoms with E-state index in [1.165, 1.54) is 0 Å². The smallest absolute Gasteiger partial charge is 0.229 e. The van der Waals surface area contributed by atoms with Crippen LogP contribution in [0.15, 0.2) is 4.52 Å². The van der Waals surface area contributed by atoms with Gasteiger partial charge in [-0.25, -0.2) is 0 Å². The third kappa shape index (κ3) is 4.23. The van der Waals surface area contributed by atoms with E-state index in [1.807, 2.05) is 18.7 Å². The number of hydrogen-bond donors (Lipinski definition) is 1. The van der Waals surface area contributed by atoms with Crippen LogP contribution in [0.1, 0.15) is 69.6 Å². The summed E-state index contributed by atoms with van der Waals surface area (Å²) in [4.78, 5) is 19.1. The molecular weight excluding hydrogens is 316 g/mol. The quantitative estimate of drug-likeness (QED) is 0.910. The summed E-state index contributed by atoms with van der Waals surface area (Å²) in [6.07, 6.45) is 4.82. The second kappa shape index (κ2) is 8.11. The van der Waals surface area contributed by atoms with Crippen molar-refractivity contribution in [3.8, 4) is 0 Å². The molecule has 0 spiro atoms. The maximum absolute atomic E-state index is 12.7. The molecule has 1 N–H and O–H groups in total. The van der Waals surface area contributed by atoms with E-state index in [-0.39, 0.29) is 30.3 Å². The van der Waals surface area contributed by atoms with Gasteiger partial charge in [0.05, 0.1) is 6.04 Å². The lowest BCUT2D eigenvalue weighted by atomic mass is 9.94. The minimum absolute atomic E-state index is 0. The Morgan fingerprint density at radius 1 is 1.35 bits per heavy atom. The molecule has 0 saturated carbocycles. The highest BCUT2D eigenvalue weighted by molar-refractivity contribution is 5.85. The lowest BCUT2D eigenvalue weighted by Gasteiger charge is -2.27. The molecule has 1 amide bonds. The van der Waals surface area contributed by atoms with Gasteiger partial charge >= 0.3 is 0 Å². The Balaban J connectivity index is 0.00000192. The number of piperidine rings is 1. The zero-order valence-corrected chi connectivity index (χ0v) is 14.8. The van der Waals surface area contributed by atoms with Crippen molar-refractivity contribution in [2.45, 2.75) is 57.9 Å². The summed E-state index contributed by atoms with van der Waals surface area (Å²) in [6, 6.07) is 0.00506. The van der Waals surface area contributed by atoms with E-state index in [9.17, 15) is 4.79 Å². The Morgan fingerprint density at radius 3 is 2.74 bits per heavy atom. The van der Waals surface area contributed by atoms with Crippen LogP contribution < -0.4 is 5.32 Å². The van der Waals surface area contributed by atoms with Gasteiger partial charge in [0.1, 0.15) is 0 Å². The van der Waals surface area contributed by atoms with Crippen LogP contribution in [-0.2, 0) is 4.79 Å². The van der Waals surface area contributed by atoms with Gasteiger partial charge in [-0.1, -0.05) is 19.0 Å². The molecule has 0 bridgehead atoms. The van der Waals surface area contributed by atoms with Crippen molar-refractivity contribution in [3.63, 3.8) is 0 Å². The van der Waals surface area contributed by atoms with E-state index < -0.39 is 0 Å². The summed E-state index contributed by atoms with van der Waals surface area (Å²) in [5.41, 5.74) is 0. The Kier molecular flexibility index (Phi) is 6.41. The topological polar surface area (TPSA) is 71.3 Å². The van der Waals surface area contributed by atoms with Gasteiger partial charge in [0.2, 0.25) is 11.8 Å². The van der Waals surface area contributed by atoms with Crippen LogP contribution in [0.5, 0.6) is 0 Å². The van der Waals surface area contributed by atoms with Gasteiger partial charge in [-0.05, 0) is 44.7 Å². The summed E-state index contributed by atoms with van der Waals surface area (Å²) >= 11 is 0.